The fourth-order valence-corrected chi connectivity index (χ4v) is 3.20. The molecule has 1 amide bonds. The number of fused-ring (bicyclic) bond motifs is 1. The lowest BCUT2D eigenvalue weighted by Crippen LogP contribution is -2.40. The van der Waals surface area contributed by atoms with Crippen LogP contribution in [0.4, 0.5) is 0 Å². The van der Waals surface area contributed by atoms with Crippen LogP contribution in [0.2, 0.25) is 0 Å². The average molecular weight is 341 g/mol. The van der Waals surface area contributed by atoms with Gasteiger partial charge in [-0.05, 0) is 50.3 Å². The van der Waals surface area contributed by atoms with Crippen molar-refractivity contribution in [2.75, 3.05) is 7.05 Å². The fourth-order valence-electron chi connectivity index (χ4n) is 3.20. The van der Waals surface area contributed by atoms with Crippen molar-refractivity contribution in [1.29, 1.82) is 0 Å². The van der Waals surface area contributed by atoms with Gasteiger partial charge in [0, 0.05) is 18.3 Å². The first kappa shape index (κ1) is 17.2. The molecule has 1 aliphatic carbocycles. The molecule has 0 bridgehead atoms. The fraction of sp³-hybridized carbons (Fsp3) is 0.421. The third-order valence-electron chi connectivity index (χ3n) is 4.98. The Morgan fingerprint density at radius 1 is 1.28 bits per heavy atom. The topological polar surface area (TPSA) is 75.4 Å². The lowest BCUT2D eigenvalue weighted by Gasteiger charge is -2.20. The Morgan fingerprint density at radius 3 is 2.56 bits per heavy atom. The van der Waals surface area contributed by atoms with Gasteiger partial charge in [0.1, 0.15) is 6.04 Å². The summed E-state index contributed by atoms with van der Waals surface area (Å²) in [4.78, 5) is 25.2. The van der Waals surface area contributed by atoms with Crippen LogP contribution in [0.3, 0.4) is 0 Å². The Morgan fingerprint density at radius 2 is 1.96 bits per heavy atom. The first-order valence-corrected chi connectivity index (χ1v) is 8.64. The first-order valence-electron chi connectivity index (χ1n) is 8.64. The minimum Gasteiger partial charge on any atom is -0.480 e. The summed E-state index contributed by atoms with van der Waals surface area (Å²) in [5.74, 6) is -1.36. The number of amides is 1. The Balaban J connectivity index is 1.99. The maximum absolute atomic E-state index is 12.8. The summed E-state index contributed by atoms with van der Waals surface area (Å²) >= 11 is 0. The van der Waals surface area contributed by atoms with Crippen molar-refractivity contribution >= 4 is 11.9 Å². The molecule has 1 aliphatic rings. The van der Waals surface area contributed by atoms with Crippen molar-refractivity contribution in [3.63, 3.8) is 0 Å². The number of carboxylic acids is 1. The van der Waals surface area contributed by atoms with Crippen LogP contribution in [0.25, 0.3) is 5.69 Å². The van der Waals surface area contributed by atoms with Gasteiger partial charge in [0.25, 0.3) is 5.91 Å². The average Bonchev–Trinajstić information content (AvgIpc) is 3.22. The van der Waals surface area contributed by atoms with Crippen molar-refractivity contribution in [3.05, 3.63) is 46.8 Å². The molecule has 0 saturated carbocycles. The number of carbonyl (C=O) groups excluding carboxylic acids is 1. The Bertz CT molecular complexity index is 808. The van der Waals surface area contributed by atoms with E-state index in [1.807, 2.05) is 16.8 Å². The number of rotatable bonds is 5. The first-order chi connectivity index (χ1) is 11.9. The molecule has 0 aliphatic heterocycles. The van der Waals surface area contributed by atoms with E-state index < -0.39 is 12.0 Å². The molecule has 1 N–H and O–H groups in total. The van der Waals surface area contributed by atoms with Gasteiger partial charge in [0.2, 0.25) is 0 Å². The molecule has 132 valence electrons. The predicted molar refractivity (Wildman–Crippen MR) is 94.2 cm³/mol. The zero-order valence-electron chi connectivity index (χ0n) is 14.8. The number of carbonyl (C=O) groups is 2. The summed E-state index contributed by atoms with van der Waals surface area (Å²) in [5, 5.41) is 13.7. The van der Waals surface area contributed by atoms with Crippen molar-refractivity contribution in [1.82, 2.24) is 14.7 Å². The highest BCUT2D eigenvalue weighted by atomic mass is 16.4. The minimum absolute atomic E-state index is 0.336. The molecule has 1 heterocycles. The molecule has 0 fully saturated rings. The highest BCUT2D eigenvalue weighted by Gasteiger charge is 2.31. The quantitative estimate of drug-likeness (QED) is 0.906. The van der Waals surface area contributed by atoms with Crippen molar-refractivity contribution in [2.24, 2.45) is 0 Å². The molecule has 0 spiro atoms. The van der Waals surface area contributed by atoms with E-state index in [0.29, 0.717) is 5.69 Å². The Hall–Kier alpha value is -2.63. The summed E-state index contributed by atoms with van der Waals surface area (Å²) in [7, 11) is 1.51. The van der Waals surface area contributed by atoms with Crippen LogP contribution >= 0.6 is 0 Å². The monoisotopic (exact) mass is 341 g/mol. The molecule has 1 aromatic carbocycles. The predicted octanol–water partition coefficient (Wildman–Crippen LogP) is 2.47. The number of likely N-dealkylation sites (N-methyl/N-ethyl adjacent to an activating group) is 1. The number of aliphatic carboxylic acids is 1. The van der Waals surface area contributed by atoms with Crippen LogP contribution in [0.15, 0.2) is 24.3 Å². The molecule has 6 heteroatoms. The van der Waals surface area contributed by atoms with Crippen molar-refractivity contribution in [3.8, 4) is 5.69 Å². The van der Waals surface area contributed by atoms with E-state index in [0.717, 1.165) is 42.6 Å². The van der Waals surface area contributed by atoms with Gasteiger partial charge in [0.15, 0.2) is 5.69 Å². The molecule has 3 rings (SSSR count). The van der Waals surface area contributed by atoms with E-state index in [1.54, 1.807) is 0 Å². The Kier molecular flexibility index (Phi) is 4.61. The second kappa shape index (κ2) is 6.70. The summed E-state index contributed by atoms with van der Waals surface area (Å²) in [6, 6.07) is 7.28. The lowest BCUT2D eigenvalue weighted by molar-refractivity contribution is -0.141. The van der Waals surface area contributed by atoms with Gasteiger partial charge in [-0.3, -0.25) is 4.79 Å². The normalized spacial score (nSPS) is 14.2. The molecule has 1 atom stereocenters. The minimum atomic E-state index is -1.03. The second-order valence-electron chi connectivity index (χ2n) is 6.49. The van der Waals surface area contributed by atoms with Crippen LogP contribution < -0.4 is 0 Å². The zero-order valence-corrected chi connectivity index (χ0v) is 14.8. The van der Waals surface area contributed by atoms with Gasteiger partial charge in [-0.25, -0.2) is 9.48 Å². The van der Waals surface area contributed by atoms with E-state index in [-0.39, 0.29) is 5.91 Å². The smallest absolute Gasteiger partial charge is 0.326 e. The van der Waals surface area contributed by atoms with Gasteiger partial charge in [-0.1, -0.05) is 19.1 Å². The van der Waals surface area contributed by atoms with Crippen LogP contribution in [0, 0.1) is 0 Å². The lowest BCUT2D eigenvalue weighted by atomic mass is 10.1. The third-order valence-corrected chi connectivity index (χ3v) is 4.98. The molecule has 6 nitrogen and oxygen atoms in total. The molecular formula is C19H23N3O3. The van der Waals surface area contributed by atoms with Crippen LogP contribution in [0.5, 0.6) is 0 Å². The van der Waals surface area contributed by atoms with E-state index in [4.69, 9.17) is 5.11 Å². The molecular weight excluding hydrogens is 318 g/mol. The zero-order chi connectivity index (χ0) is 18.1. The van der Waals surface area contributed by atoms with E-state index in [9.17, 15) is 9.59 Å². The van der Waals surface area contributed by atoms with Gasteiger partial charge in [-0.2, -0.15) is 5.10 Å². The number of carboxylic acid groups (broad SMARTS) is 1. The van der Waals surface area contributed by atoms with Gasteiger partial charge >= 0.3 is 5.97 Å². The number of hydrogen-bond acceptors (Lipinski definition) is 3. The number of aromatic nitrogens is 2. The van der Waals surface area contributed by atoms with Crippen LogP contribution in [0.1, 0.15) is 47.6 Å². The number of aryl methyl sites for hydroxylation is 1. The number of hydrogen-bond donors (Lipinski definition) is 1. The summed E-state index contributed by atoms with van der Waals surface area (Å²) < 4.78 is 1.84. The van der Waals surface area contributed by atoms with Crippen molar-refractivity contribution < 1.29 is 14.7 Å². The number of benzene rings is 1. The van der Waals surface area contributed by atoms with Crippen LogP contribution in [-0.2, 0) is 24.1 Å². The molecule has 25 heavy (non-hydrogen) atoms. The highest BCUT2D eigenvalue weighted by molar-refractivity contribution is 5.96. The summed E-state index contributed by atoms with van der Waals surface area (Å²) in [5.41, 5.74) is 4.57. The second-order valence-corrected chi connectivity index (χ2v) is 6.49. The summed E-state index contributed by atoms with van der Waals surface area (Å²) in [6.07, 6.45) is 3.64. The summed E-state index contributed by atoms with van der Waals surface area (Å²) in [6.45, 7) is 3.61. The maximum atomic E-state index is 12.8. The highest BCUT2D eigenvalue weighted by Crippen LogP contribution is 2.28. The van der Waals surface area contributed by atoms with E-state index in [1.165, 1.54) is 24.4 Å². The van der Waals surface area contributed by atoms with Gasteiger partial charge < -0.3 is 10.0 Å². The molecule has 1 unspecified atom stereocenters. The van der Waals surface area contributed by atoms with Gasteiger partial charge in [-0.15, -0.1) is 0 Å². The molecule has 1 aromatic heterocycles. The molecule has 0 radical (unpaired) electrons. The SMILES string of the molecule is CCc1ccc(-n2nc(C(=O)N(C)C(C)C(=O)O)c3c2CCC3)cc1. The Labute approximate surface area is 147 Å². The van der Waals surface area contributed by atoms with Crippen LogP contribution in [-0.4, -0.2) is 44.8 Å². The van der Waals surface area contributed by atoms with E-state index in [2.05, 4.69) is 24.2 Å². The maximum Gasteiger partial charge on any atom is 0.326 e. The number of nitrogens with zero attached hydrogens (tertiary/aromatic N) is 3. The van der Waals surface area contributed by atoms with Gasteiger partial charge in [0.05, 0.1) is 5.69 Å². The van der Waals surface area contributed by atoms with Crippen molar-refractivity contribution in [2.45, 2.75) is 45.6 Å². The molecule has 2 aromatic rings. The largest absolute Gasteiger partial charge is 0.480 e. The standard InChI is InChI=1S/C19H23N3O3/c1-4-13-8-10-14(11-9-13)22-16-7-5-6-15(16)17(20-22)18(23)21(3)12(2)19(24)25/h8-12H,4-7H2,1-3H3,(H,24,25). The van der Waals surface area contributed by atoms with E-state index >= 15 is 0 Å². The third kappa shape index (κ3) is 3.04. The molecule has 0 saturated heterocycles.